The Bertz CT molecular complexity index is 679. The number of fused-ring (bicyclic) bond motifs is 1. The lowest BCUT2D eigenvalue weighted by molar-refractivity contribution is -0.165. The van der Waals surface area contributed by atoms with Gasteiger partial charge in [-0.05, 0) is 19.1 Å². The SMILES string of the molecule is CC1(OCC(=O)O)CN(Cc2cn3cc(Cl)ccc3n2)C1. The molecule has 0 unspecified atom stereocenters. The van der Waals surface area contributed by atoms with E-state index < -0.39 is 5.97 Å². The Morgan fingerprint density at radius 2 is 2.24 bits per heavy atom. The number of hydrogen-bond acceptors (Lipinski definition) is 4. The largest absolute Gasteiger partial charge is 0.480 e. The first kappa shape index (κ1) is 14.3. The van der Waals surface area contributed by atoms with Gasteiger partial charge in [-0.2, -0.15) is 0 Å². The zero-order valence-electron chi connectivity index (χ0n) is 11.6. The number of nitrogens with zero attached hydrogens (tertiary/aromatic N) is 3. The van der Waals surface area contributed by atoms with Gasteiger partial charge in [-0.1, -0.05) is 11.6 Å². The van der Waals surface area contributed by atoms with Crippen LogP contribution in [0, 0.1) is 0 Å². The van der Waals surface area contributed by atoms with E-state index in [1.807, 2.05) is 35.9 Å². The molecule has 3 heterocycles. The van der Waals surface area contributed by atoms with E-state index in [1.54, 1.807) is 0 Å². The molecule has 0 amide bonds. The maximum absolute atomic E-state index is 10.5. The van der Waals surface area contributed by atoms with Crippen LogP contribution in [0.25, 0.3) is 5.65 Å². The van der Waals surface area contributed by atoms with Gasteiger partial charge in [0.25, 0.3) is 0 Å². The first-order valence-electron chi connectivity index (χ1n) is 6.65. The monoisotopic (exact) mass is 309 g/mol. The molecule has 1 aliphatic heterocycles. The Kier molecular flexibility index (Phi) is 3.61. The quantitative estimate of drug-likeness (QED) is 0.910. The second-order valence-electron chi connectivity index (χ2n) is 5.62. The van der Waals surface area contributed by atoms with Crippen molar-refractivity contribution in [1.29, 1.82) is 0 Å². The lowest BCUT2D eigenvalue weighted by atomic mass is 9.96. The van der Waals surface area contributed by atoms with E-state index in [0.29, 0.717) is 24.7 Å². The van der Waals surface area contributed by atoms with Gasteiger partial charge in [-0.15, -0.1) is 0 Å². The van der Waals surface area contributed by atoms with Crippen LogP contribution in [0.3, 0.4) is 0 Å². The predicted octanol–water partition coefficient (Wildman–Crippen LogP) is 1.66. The highest BCUT2D eigenvalue weighted by Crippen LogP contribution is 2.26. The van der Waals surface area contributed by atoms with Crippen LogP contribution in [0.2, 0.25) is 5.02 Å². The van der Waals surface area contributed by atoms with Crippen LogP contribution in [0.1, 0.15) is 12.6 Å². The lowest BCUT2D eigenvalue weighted by Gasteiger charge is -2.47. The van der Waals surface area contributed by atoms with E-state index in [2.05, 4.69) is 9.88 Å². The van der Waals surface area contributed by atoms with E-state index >= 15 is 0 Å². The van der Waals surface area contributed by atoms with Crippen LogP contribution >= 0.6 is 11.6 Å². The summed E-state index contributed by atoms with van der Waals surface area (Å²) in [5, 5.41) is 9.31. The molecule has 3 rings (SSSR count). The molecule has 0 bridgehead atoms. The van der Waals surface area contributed by atoms with Gasteiger partial charge < -0.3 is 14.2 Å². The van der Waals surface area contributed by atoms with Crippen molar-refractivity contribution in [3.8, 4) is 0 Å². The fourth-order valence-electron chi connectivity index (χ4n) is 2.66. The number of ether oxygens (including phenoxy) is 1. The van der Waals surface area contributed by atoms with Gasteiger partial charge in [0.2, 0.25) is 0 Å². The number of likely N-dealkylation sites (tertiary alicyclic amines) is 1. The van der Waals surface area contributed by atoms with Gasteiger partial charge in [0.1, 0.15) is 12.3 Å². The Morgan fingerprint density at radius 3 is 2.95 bits per heavy atom. The molecule has 7 heteroatoms. The summed E-state index contributed by atoms with van der Waals surface area (Å²) in [5.74, 6) is -0.938. The summed E-state index contributed by atoms with van der Waals surface area (Å²) in [6.07, 6.45) is 3.78. The zero-order chi connectivity index (χ0) is 15.0. The predicted molar refractivity (Wildman–Crippen MR) is 77.5 cm³/mol. The van der Waals surface area contributed by atoms with Gasteiger partial charge in [0.05, 0.1) is 16.3 Å². The highest BCUT2D eigenvalue weighted by atomic mass is 35.5. The van der Waals surface area contributed by atoms with Gasteiger partial charge in [-0.3, -0.25) is 4.90 Å². The van der Waals surface area contributed by atoms with Crippen molar-refractivity contribution in [3.63, 3.8) is 0 Å². The summed E-state index contributed by atoms with van der Waals surface area (Å²) < 4.78 is 7.29. The maximum Gasteiger partial charge on any atom is 0.329 e. The maximum atomic E-state index is 10.5. The molecule has 0 atom stereocenters. The molecule has 0 saturated carbocycles. The lowest BCUT2D eigenvalue weighted by Crippen LogP contribution is -2.61. The van der Waals surface area contributed by atoms with Crippen molar-refractivity contribution in [2.45, 2.75) is 19.1 Å². The standard InChI is InChI=1S/C14H16ClN3O3/c1-14(21-7-13(19)20)8-17(9-14)5-11-6-18-4-10(15)2-3-12(18)16-11/h2-4,6H,5,7-9H2,1H3,(H,19,20). The molecule has 1 N–H and O–H groups in total. The van der Waals surface area contributed by atoms with E-state index in [9.17, 15) is 4.79 Å². The second kappa shape index (κ2) is 5.29. The van der Waals surface area contributed by atoms with Crippen molar-refractivity contribution in [2.24, 2.45) is 0 Å². The number of carboxylic acid groups (broad SMARTS) is 1. The molecule has 21 heavy (non-hydrogen) atoms. The fraction of sp³-hybridized carbons (Fsp3) is 0.429. The van der Waals surface area contributed by atoms with E-state index in [4.69, 9.17) is 21.4 Å². The third-order valence-corrected chi connectivity index (χ3v) is 3.73. The Hall–Kier alpha value is -1.63. The third kappa shape index (κ3) is 3.18. The summed E-state index contributed by atoms with van der Waals surface area (Å²) in [5.41, 5.74) is 1.44. The number of aromatic nitrogens is 2. The van der Waals surface area contributed by atoms with Crippen molar-refractivity contribution >= 4 is 23.2 Å². The average molecular weight is 310 g/mol. The third-order valence-electron chi connectivity index (χ3n) is 3.51. The van der Waals surface area contributed by atoms with Crippen molar-refractivity contribution in [1.82, 2.24) is 14.3 Å². The van der Waals surface area contributed by atoms with E-state index in [0.717, 1.165) is 11.3 Å². The first-order valence-corrected chi connectivity index (χ1v) is 7.03. The molecule has 0 radical (unpaired) electrons. The zero-order valence-corrected chi connectivity index (χ0v) is 12.4. The highest BCUT2D eigenvalue weighted by Gasteiger charge is 2.40. The average Bonchev–Trinajstić information content (AvgIpc) is 2.76. The molecule has 0 spiro atoms. The van der Waals surface area contributed by atoms with E-state index in [-0.39, 0.29) is 12.2 Å². The molecule has 1 aliphatic rings. The number of halogens is 1. The summed E-state index contributed by atoms with van der Waals surface area (Å²) in [6.45, 7) is 3.79. The topological polar surface area (TPSA) is 67.1 Å². The number of carbonyl (C=O) groups is 1. The van der Waals surface area contributed by atoms with Crippen LogP contribution in [0.5, 0.6) is 0 Å². The normalized spacial score (nSPS) is 17.8. The molecular formula is C14H16ClN3O3. The van der Waals surface area contributed by atoms with Gasteiger partial charge in [0, 0.05) is 32.0 Å². The van der Waals surface area contributed by atoms with Gasteiger partial charge >= 0.3 is 5.97 Å². The van der Waals surface area contributed by atoms with E-state index in [1.165, 1.54) is 0 Å². The van der Waals surface area contributed by atoms with Crippen molar-refractivity contribution < 1.29 is 14.6 Å². The number of pyridine rings is 1. The first-order chi connectivity index (χ1) is 9.93. The van der Waals surface area contributed by atoms with Crippen LogP contribution < -0.4 is 0 Å². The second-order valence-corrected chi connectivity index (χ2v) is 6.06. The molecule has 2 aromatic rings. The molecule has 1 saturated heterocycles. The highest BCUT2D eigenvalue weighted by molar-refractivity contribution is 6.30. The number of hydrogen-bond donors (Lipinski definition) is 1. The summed E-state index contributed by atoms with van der Waals surface area (Å²) in [7, 11) is 0. The minimum absolute atomic E-state index is 0.253. The minimum atomic E-state index is -0.938. The Labute approximate surface area is 126 Å². The molecule has 0 aromatic carbocycles. The Morgan fingerprint density at radius 1 is 1.48 bits per heavy atom. The number of imidazole rings is 1. The van der Waals surface area contributed by atoms with Crippen molar-refractivity contribution in [2.75, 3.05) is 19.7 Å². The smallest absolute Gasteiger partial charge is 0.329 e. The molecule has 1 fully saturated rings. The molecule has 112 valence electrons. The van der Waals surface area contributed by atoms with Crippen LogP contribution in [-0.4, -0.2) is 50.7 Å². The summed E-state index contributed by atoms with van der Waals surface area (Å²) >= 11 is 5.95. The number of aliphatic carboxylic acids is 1. The van der Waals surface area contributed by atoms with Crippen molar-refractivity contribution in [3.05, 3.63) is 35.2 Å². The molecule has 0 aliphatic carbocycles. The summed E-state index contributed by atoms with van der Waals surface area (Å²) in [4.78, 5) is 17.2. The molecule has 2 aromatic heterocycles. The molecular weight excluding hydrogens is 294 g/mol. The summed E-state index contributed by atoms with van der Waals surface area (Å²) in [6, 6.07) is 3.69. The molecule has 6 nitrogen and oxygen atoms in total. The number of rotatable bonds is 5. The van der Waals surface area contributed by atoms with Gasteiger partial charge in [0.15, 0.2) is 0 Å². The number of carboxylic acids is 1. The Balaban J connectivity index is 1.59. The van der Waals surface area contributed by atoms with Gasteiger partial charge in [-0.25, -0.2) is 9.78 Å². The minimum Gasteiger partial charge on any atom is -0.480 e. The van der Waals surface area contributed by atoms with Crippen LogP contribution in [0.4, 0.5) is 0 Å². The van der Waals surface area contributed by atoms with Crippen LogP contribution in [-0.2, 0) is 16.1 Å². The van der Waals surface area contributed by atoms with Crippen LogP contribution in [0.15, 0.2) is 24.5 Å². The fourth-order valence-corrected chi connectivity index (χ4v) is 2.83.